The van der Waals surface area contributed by atoms with E-state index in [1.807, 2.05) is 27.7 Å². The number of carboxylic acids is 1. The number of alkyl carbamates (subject to hydrolysis) is 1. The molecular weight excluding hydrogens is 773 g/mol. The fourth-order valence-corrected chi connectivity index (χ4v) is 10.7. The number of ketones is 1. The second kappa shape index (κ2) is 24.5. The minimum Gasteiger partial charge on any atom is -0.481 e. The van der Waals surface area contributed by atoms with Crippen molar-refractivity contribution in [2.75, 3.05) is 19.7 Å². The molecule has 1 amide bonds. The van der Waals surface area contributed by atoms with Crippen LogP contribution in [0.2, 0.25) is 0 Å². The minimum absolute atomic E-state index is 0.0231. The Balaban J connectivity index is 0.000000162. The fourth-order valence-electron chi connectivity index (χ4n) is 10.7. The molecule has 11 nitrogen and oxygen atoms in total. The Hall–Kier alpha value is -2.50. The lowest BCUT2D eigenvalue weighted by molar-refractivity contribution is -0.145. The number of aliphatic hydroxyl groups is 2. The molecule has 10 rings (SSSR count). The number of aliphatic hydroxyl groups excluding tert-OH is 2. The van der Waals surface area contributed by atoms with Gasteiger partial charge in [-0.05, 0) is 166 Å². The van der Waals surface area contributed by atoms with Gasteiger partial charge in [0.05, 0.1) is 30.7 Å². The van der Waals surface area contributed by atoms with Crippen LogP contribution in [-0.2, 0) is 23.9 Å². The Kier molecular flexibility index (Phi) is 20.6. The molecule has 1 saturated heterocycles. The number of carbonyl (C=O) groups is 4. The highest BCUT2D eigenvalue weighted by atomic mass is 16.6. The Labute approximate surface area is 368 Å². The van der Waals surface area contributed by atoms with Gasteiger partial charge < -0.3 is 35.4 Å². The van der Waals surface area contributed by atoms with E-state index in [-0.39, 0.29) is 47.1 Å². The average molecular weight is 859 g/mol. The van der Waals surface area contributed by atoms with Crippen LogP contribution in [0.5, 0.6) is 0 Å². The van der Waals surface area contributed by atoms with Crippen LogP contribution in [0.25, 0.3) is 0 Å². The molecule has 61 heavy (non-hydrogen) atoms. The number of β-amino-alcohol motifs (C(OH)–C–C–N with tert-alkyl or cyclic N) is 1. The Bertz CT molecular complexity index is 1330. The summed E-state index contributed by atoms with van der Waals surface area (Å²) in [5.41, 5.74) is 2.21. The highest BCUT2D eigenvalue weighted by Crippen LogP contribution is 2.64. The first-order valence-corrected chi connectivity index (χ1v) is 24.7. The molecule has 1 heterocycles. The van der Waals surface area contributed by atoms with Gasteiger partial charge in [-0.2, -0.15) is 0 Å². The third-order valence-electron chi connectivity index (χ3n) is 14.8. The van der Waals surface area contributed by atoms with Gasteiger partial charge in [-0.1, -0.05) is 63.5 Å². The molecule has 10 fully saturated rings. The summed E-state index contributed by atoms with van der Waals surface area (Å²) in [5.74, 6) is 0.228. The van der Waals surface area contributed by atoms with E-state index in [0.29, 0.717) is 29.3 Å². The number of hydrogen-bond donors (Lipinski definition) is 5. The molecule has 0 aromatic rings. The fraction of sp³-hybridized carbons (Fsp3) is 0.880. The van der Waals surface area contributed by atoms with Gasteiger partial charge >= 0.3 is 18.0 Å². The van der Waals surface area contributed by atoms with Gasteiger partial charge in [0.15, 0.2) is 0 Å². The molecule has 9 aliphatic carbocycles. The predicted molar refractivity (Wildman–Crippen MR) is 240 cm³/mol. The van der Waals surface area contributed by atoms with E-state index in [1.54, 1.807) is 0 Å². The van der Waals surface area contributed by atoms with Crippen LogP contribution >= 0.6 is 0 Å². The largest absolute Gasteiger partial charge is 0.481 e. The summed E-state index contributed by atoms with van der Waals surface area (Å²) >= 11 is 0. The number of allylic oxidation sites excluding steroid dienone is 1. The Morgan fingerprint density at radius 1 is 0.705 bits per heavy atom. The summed E-state index contributed by atoms with van der Waals surface area (Å²) < 4.78 is 10.3. The number of aliphatic carboxylic acids is 1. The van der Waals surface area contributed by atoms with Crippen LogP contribution in [-0.4, -0.2) is 82.7 Å². The maximum Gasteiger partial charge on any atom is 0.407 e. The van der Waals surface area contributed by atoms with Crippen LogP contribution in [0.1, 0.15) is 207 Å². The zero-order valence-corrected chi connectivity index (χ0v) is 38.8. The van der Waals surface area contributed by atoms with Crippen molar-refractivity contribution in [2.24, 2.45) is 28.1 Å². The van der Waals surface area contributed by atoms with E-state index >= 15 is 0 Å². The molecule has 1 aliphatic heterocycles. The topological polar surface area (TPSA) is 171 Å². The van der Waals surface area contributed by atoms with E-state index in [1.165, 1.54) is 121 Å². The monoisotopic (exact) mass is 859 g/mol. The van der Waals surface area contributed by atoms with Crippen molar-refractivity contribution in [1.29, 1.82) is 0 Å². The smallest absolute Gasteiger partial charge is 0.407 e. The zero-order chi connectivity index (χ0) is 44.5. The molecule has 4 unspecified atom stereocenters. The maximum atomic E-state index is 11.5. The molecule has 9 saturated carbocycles. The van der Waals surface area contributed by atoms with Crippen LogP contribution in [0.15, 0.2) is 12.2 Å². The Morgan fingerprint density at radius 2 is 1.20 bits per heavy atom. The molecule has 0 aromatic carbocycles. The van der Waals surface area contributed by atoms with Gasteiger partial charge in [-0.15, -0.1) is 0 Å². The van der Waals surface area contributed by atoms with E-state index in [9.17, 15) is 19.2 Å². The number of carbonyl (C=O) groups excluding carboxylic acids is 3. The number of Topliss-reactive ketones (excluding diaryl/α,β-unsaturated/α-hetero) is 1. The first-order chi connectivity index (χ1) is 29.0. The number of hydrogen-bond acceptors (Lipinski definition) is 9. The third kappa shape index (κ3) is 17.9. The first-order valence-electron chi connectivity index (χ1n) is 24.7. The highest BCUT2D eigenvalue weighted by molar-refractivity contribution is 5.80. The summed E-state index contributed by atoms with van der Waals surface area (Å²) in [6.45, 7) is 13.7. The molecule has 0 aromatic heterocycles. The van der Waals surface area contributed by atoms with Crippen molar-refractivity contribution < 1.29 is 44.0 Å². The molecule has 350 valence electrons. The Morgan fingerprint density at radius 3 is 1.52 bits per heavy atom. The number of rotatable bonds is 4. The summed E-state index contributed by atoms with van der Waals surface area (Å²) in [4.78, 5) is 43.6. The lowest BCUT2D eigenvalue weighted by Crippen LogP contribution is -2.35. The summed E-state index contributed by atoms with van der Waals surface area (Å²) in [6, 6.07) is 0.384. The lowest BCUT2D eigenvalue weighted by Gasteiger charge is -2.20. The maximum absolute atomic E-state index is 11.5. The van der Waals surface area contributed by atoms with Crippen LogP contribution < -0.4 is 10.6 Å². The van der Waals surface area contributed by atoms with E-state index in [2.05, 4.69) is 17.2 Å². The zero-order valence-electron chi connectivity index (χ0n) is 38.8. The SMILES string of the molecule is C=C1CCCC1.CC(C)(C)OC(=O)NC1CC12CCCC2.CCOC(=O)C1CC12CCCC2.O=C(O)C1CC12CCCC2.O=C1CCCC1.OC1CCCC1.OC1CCNC1. The molecule has 10 aliphatic rings. The molecular formula is C50H86N2O9. The van der Waals surface area contributed by atoms with Gasteiger partial charge in [0.2, 0.25) is 0 Å². The van der Waals surface area contributed by atoms with Crippen molar-refractivity contribution in [3.05, 3.63) is 12.2 Å². The average Bonchev–Trinajstić information content (AvgIpc) is 3.75. The first kappa shape index (κ1) is 51.1. The van der Waals surface area contributed by atoms with Gasteiger partial charge in [-0.25, -0.2) is 4.79 Å². The van der Waals surface area contributed by atoms with E-state index < -0.39 is 5.97 Å². The molecule has 3 spiro atoms. The second-order valence-electron chi connectivity index (χ2n) is 21.0. The van der Waals surface area contributed by atoms with Crippen LogP contribution in [0, 0.1) is 28.1 Å². The minimum atomic E-state index is -0.568. The van der Waals surface area contributed by atoms with Gasteiger partial charge in [0.25, 0.3) is 0 Å². The number of amides is 1. The van der Waals surface area contributed by atoms with Crippen molar-refractivity contribution in [2.45, 2.75) is 231 Å². The number of ether oxygens (including phenoxy) is 2. The predicted octanol–water partition coefficient (Wildman–Crippen LogP) is 10.1. The lowest BCUT2D eigenvalue weighted by atomic mass is 10.0. The van der Waals surface area contributed by atoms with Gasteiger partial charge in [0, 0.05) is 25.4 Å². The van der Waals surface area contributed by atoms with Crippen LogP contribution in [0.4, 0.5) is 4.79 Å². The standard InChI is InChI=1S/C12H21NO2.C10H16O2.C8H12O2.C6H10.C5H10O.C5H8O.C4H9NO/c1-11(2,3)15-10(14)13-9-8-12(9)6-4-5-7-12;1-2-12-9(11)8-7-10(8)5-3-4-6-10;9-7(10)6-5-8(6)3-1-2-4-8;1-6-4-2-3-5-6;2*6-5-3-1-2-4-5;6-4-1-2-5-3-4/h9H,4-8H2,1-3H3,(H,13,14);8H,2-7H2,1H3;6H,1-5H2,(H,9,10);1-5H2;5-6H,1-4H2;1-4H2;4-6H,1-3H2. The summed E-state index contributed by atoms with van der Waals surface area (Å²) in [5, 5.41) is 32.1. The van der Waals surface area contributed by atoms with Crippen molar-refractivity contribution in [1.82, 2.24) is 10.6 Å². The third-order valence-corrected chi connectivity index (χ3v) is 14.8. The number of esters is 1. The quantitative estimate of drug-likeness (QED) is 0.135. The molecule has 5 N–H and O–H groups in total. The molecule has 11 heteroatoms. The molecule has 4 atom stereocenters. The van der Waals surface area contributed by atoms with Crippen molar-refractivity contribution >= 4 is 23.8 Å². The van der Waals surface area contributed by atoms with E-state index in [0.717, 1.165) is 77.3 Å². The van der Waals surface area contributed by atoms with Gasteiger partial charge in [-0.3, -0.25) is 14.4 Å². The normalized spacial score (nSPS) is 28.8. The van der Waals surface area contributed by atoms with E-state index in [4.69, 9.17) is 24.8 Å². The van der Waals surface area contributed by atoms with Crippen molar-refractivity contribution in [3.63, 3.8) is 0 Å². The summed E-state index contributed by atoms with van der Waals surface area (Å²) in [7, 11) is 0. The van der Waals surface area contributed by atoms with Crippen molar-refractivity contribution in [3.8, 4) is 0 Å². The van der Waals surface area contributed by atoms with Gasteiger partial charge in [0.1, 0.15) is 11.4 Å². The second-order valence-corrected chi connectivity index (χ2v) is 21.0. The molecule has 0 radical (unpaired) electrons. The molecule has 0 bridgehead atoms. The highest BCUT2D eigenvalue weighted by Gasteiger charge is 2.60. The summed E-state index contributed by atoms with van der Waals surface area (Å²) in [6.07, 6.45) is 33.0. The van der Waals surface area contributed by atoms with Crippen LogP contribution in [0.3, 0.4) is 0 Å². The number of carboxylic acid groups (broad SMARTS) is 1. The number of nitrogens with one attached hydrogen (secondary N) is 2.